The second kappa shape index (κ2) is 7.42. The van der Waals surface area contributed by atoms with Gasteiger partial charge in [-0.2, -0.15) is 0 Å². The maximum atomic E-state index is 12.0. The standard InChI is InChI=1S/C16H13ClN2O4/c17-12-5-1-11(2-6-12)16(23)19-13-7-3-10(4-8-13)15(22)18-9-14(20)21/h1-8H,9H2,(H,18,22)(H,19,23)(H,20,21). The van der Waals surface area contributed by atoms with Crippen LogP contribution in [-0.2, 0) is 4.79 Å². The van der Waals surface area contributed by atoms with Crippen molar-refractivity contribution in [2.75, 3.05) is 11.9 Å². The van der Waals surface area contributed by atoms with Crippen LogP contribution in [0.25, 0.3) is 0 Å². The highest BCUT2D eigenvalue weighted by atomic mass is 35.5. The van der Waals surface area contributed by atoms with E-state index < -0.39 is 18.4 Å². The highest BCUT2D eigenvalue weighted by Gasteiger charge is 2.09. The Morgan fingerprint density at radius 2 is 1.39 bits per heavy atom. The van der Waals surface area contributed by atoms with Gasteiger partial charge in [0.2, 0.25) is 0 Å². The molecule has 2 rings (SSSR count). The van der Waals surface area contributed by atoms with E-state index >= 15 is 0 Å². The van der Waals surface area contributed by atoms with E-state index in [2.05, 4.69) is 10.6 Å². The average Bonchev–Trinajstić information content (AvgIpc) is 2.54. The van der Waals surface area contributed by atoms with Crippen LogP contribution in [0, 0.1) is 0 Å². The van der Waals surface area contributed by atoms with Gasteiger partial charge in [-0.25, -0.2) is 0 Å². The SMILES string of the molecule is O=C(O)CNC(=O)c1ccc(NC(=O)c2ccc(Cl)cc2)cc1. The summed E-state index contributed by atoms with van der Waals surface area (Å²) >= 11 is 5.76. The van der Waals surface area contributed by atoms with Crippen LogP contribution in [0.3, 0.4) is 0 Å². The third kappa shape index (κ3) is 4.82. The Hall–Kier alpha value is -2.86. The normalized spacial score (nSPS) is 9.96. The number of rotatable bonds is 5. The Kier molecular flexibility index (Phi) is 5.32. The minimum atomic E-state index is -1.12. The van der Waals surface area contributed by atoms with Gasteiger partial charge in [0.05, 0.1) is 0 Å². The van der Waals surface area contributed by atoms with Crippen LogP contribution in [-0.4, -0.2) is 29.4 Å². The number of anilines is 1. The minimum absolute atomic E-state index is 0.301. The third-order valence-corrected chi connectivity index (χ3v) is 3.16. The molecule has 6 nitrogen and oxygen atoms in total. The van der Waals surface area contributed by atoms with E-state index in [4.69, 9.17) is 16.7 Å². The van der Waals surface area contributed by atoms with Crippen LogP contribution < -0.4 is 10.6 Å². The fourth-order valence-electron chi connectivity index (χ4n) is 1.77. The van der Waals surface area contributed by atoms with Crippen molar-refractivity contribution in [3.8, 4) is 0 Å². The lowest BCUT2D eigenvalue weighted by Gasteiger charge is -2.07. The van der Waals surface area contributed by atoms with E-state index in [-0.39, 0.29) is 5.91 Å². The van der Waals surface area contributed by atoms with Gasteiger partial charge in [-0.1, -0.05) is 11.6 Å². The molecule has 3 N–H and O–H groups in total. The number of carbonyl (C=O) groups excluding carboxylic acids is 2. The number of halogens is 1. The van der Waals surface area contributed by atoms with E-state index in [1.165, 1.54) is 12.1 Å². The molecule has 0 bridgehead atoms. The molecule has 0 saturated carbocycles. The molecule has 0 spiro atoms. The molecule has 0 radical (unpaired) electrons. The topological polar surface area (TPSA) is 95.5 Å². The first-order valence-electron chi connectivity index (χ1n) is 6.62. The van der Waals surface area contributed by atoms with E-state index in [0.717, 1.165) is 0 Å². The summed E-state index contributed by atoms with van der Waals surface area (Å²) in [7, 11) is 0. The molecular formula is C16H13ClN2O4. The quantitative estimate of drug-likeness (QED) is 0.783. The highest BCUT2D eigenvalue weighted by molar-refractivity contribution is 6.30. The van der Waals surface area contributed by atoms with E-state index in [0.29, 0.717) is 21.8 Å². The van der Waals surface area contributed by atoms with Crippen molar-refractivity contribution < 1.29 is 19.5 Å². The third-order valence-electron chi connectivity index (χ3n) is 2.91. The van der Waals surface area contributed by atoms with Gasteiger partial charge in [-0.15, -0.1) is 0 Å². The summed E-state index contributed by atoms with van der Waals surface area (Å²) in [5, 5.41) is 14.0. The minimum Gasteiger partial charge on any atom is -0.480 e. The van der Waals surface area contributed by atoms with Gasteiger partial charge in [0.1, 0.15) is 6.54 Å². The van der Waals surface area contributed by atoms with Crippen LogP contribution in [0.15, 0.2) is 48.5 Å². The maximum absolute atomic E-state index is 12.0. The highest BCUT2D eigenvalue weighted by Crippen LogP contribution is 2.13. The van der Waals surface area contributed by atoms with E-state index in [1.54, 1.807) is 36.4 Å². The Balaban J connectivity index is 1.99. The molecular weight excluding hydrogens is 320 g/mol. The summed E-state index contributed by atoms with van der Waals surface area (Å²) in [6.45, 7) is -0.451. The zero-order chi connectivity index (χ0) is 16.8. The average molecular weight is 333 g/mol. The van der Waals surface area contributed by atoms with Crippen molar-refractivity contribution >= 4 is 35.1 Å². The zero-order valence-electron chi connectivity index (χ0n) is 11.9. The van der Waals surface area contributed by atoms with Gasteiger partial charge in [-0.3, -0.25) is 14.4 Å². The van der Waals surface area contributed by atoms with Crippen molar-refractivity contribution in [1.82, 2.24) is 5.32 Å². The second-order valence-corrected chi connectivity index (χ2v) is 5.05. The largest absolute Gasteiger partial charge is 0.480 e. The lowest BCUT2D eigenvalue weighted by atomic mass is 10.1. The fourth-order valence-corrected chi connectivity index (χ4v) is 1.89. The van der Waals surface area contributed by atoms with Gasteiger partial charge < -0.3 is 15.7 Å². The van der Waals surface area contributed by atoms with Crippen molar-refractivity contribution in [3.63, 3.8) is 0 Å². The summed E-state index contributed by atoms with van der Waals surface area (Å²) in [4.78, 5) is 34.1. The Morgan fingerprint density at radius 1 is 0.870 bits per heavy atom. The molecule has 0 saturated heterocycles. The summed E-state index contributed by atoms with van der Waals surface area (Å²) in [6.07, 6.45) is 0. The van der Waals surface area contributed by atoms with Gasteiger partial charge in [-0.05, 0) is 48.5 Å². The predicted octanol–water partition coefficient (Wildman–Crippen LogP) is 2.41. The van der Waals surface area contributed by atoms with Gasteiger partial charge in [0.15, 0.2) is 0 Å². The molecule has 118 valence electrons. The molecule has 2 aromatic carbocycles. The van der Waals surface area contributed by atoms with Gasteiger partial charge in [0, 0.05) is 21.8 Å². The van der Waals surface area contributed by atoms with E-state index in [9.17, 15) is 14.4 Å². The molecule has 0 aliphatic rings. The Morgan fingerprint density at radius 3 is 1.96 bits per heavy atom. The maximum Gasteiger partial charge on any atom is 0.322 e. The predicted molar refractivity (Wildman–Crippen MR) is 85.8 cm³/mol. The second-order valence-electron chi connectivity index (χ2n) is 4.61. The first-order chi connectivity index (χ1) is 11.0. The van der Waals surface area contributed by atoms with Gasteiger partial charge >= 0.3 is 5.97 Å². The molecule has 2 aromatic rings. The molecule has 0 aromatic heterocycles. The first kappa shape index (κ1) is 16.5. The van der Waals surface area contributed by atoms with E-state index in [1.807, 2.05) is 0 Å². The zero-order valence-corrected chi connectivity index (χ0v) is 12.6. The summed E-state index contributed by atoms with van der Waals surface area (Å²) in [5.41, 5.74) is 1.27. The monoisotopic (exact) mass is 332 g/mol. The number of hydrogen-bond acceptors (Lipinski definition) is 3. The lowest BCUT2D eigenvalue weighted by molar-refractivity contribution is -0.135. The summed E-state index contributed by atoms with van der Waals surface area (Å²) in [5.74, 6) is -1.92. The molecule has 2 amide bonds. The molecule has 0 aliphatic heterocycles. The van der Waals surface area contributed by atoms with Crippen LogP contribution in [0.5, 0.6) is 0 Å². The number of carbonyl (C=O) groups is 3. The number of nitrogens with one attached hydrogen (secondary N) is 2. The molecule has 23 heavy (non-hydrogen) atoms. The molecule has 0 fully saturated rings. The van der Waals surface area contributed by atoms with Crippen molar-refractivity contribution in [2.45, 2.75) is 0 Å². The molecule has 0 aliphatic carbocycles. The molecule has 0 heterocycles. The van der Waals surface area contributed by atoms with Crippen LogP contribution >= 0.6 is 11.6 Å². The molecule has 7 heteroatoms. The van der Waals surface area contributed by atoms with Crippen LogP contribution in [0.1, 0.15) is 20.7 Å². The van der Waals surface area contributed by atoms with Crippen molar-refractivity contribution in [2.24, 2.45) is 0 Å². The van der Waals surface area contributed by atoms with Crippen LogP contribution in [0.4, 0.5) is 5.69 Å². The summed E-state index contributed by atoms with van der Waals surface area (Å²) < 4.78 is 0. The summed E-state index contributed by atoms with van der Waals surface area (Å²) in [6, 6.07) is 12.5. The smallest absolute Gasteiger partial charge is 0.322 e. The lowest BCUT2D eigenvalue weighted by Crippen LogP contribution is -2.29. The number of aliphatic carboxylic acids is 1. The Bertz CT molecular complexity index is 727. The van der Waals surface area contributed by atoms with Gasteiger partial charge in [0.25, 0.3) is 11.8 Å². The number of carboxylic acids is 1. The number of amides is 2. The number of hydrogen-bond donors (Lipinski definition) is 3. The first-order valence-corrected chi connectivity index (χ1v) is 7.00. The van der Waals surface area contributed by atoms with Crippen molar-refractivity contribution in [3.05, 3.63) is 64.7 Å². The van der Waals surface area contributed by atoms with Crippen LogP contribution in [0.2, 0.25) is 5.02 Å². The molecule has 0 atom stereocenters. The fraction of sp³-hybridized carbons (Fsp3) is 0.0625. The number of benzene rings is 2. The number of carboxylic acid groups (broad SMARTS) is 1. The van der Waals surface area contributed by atoms with Crippen molar-refractivity contribution in [1.29, 1.82) is 0 Å². The Labute approximate surface area is 137 Å². The molecule has 0 unspecified atom stereocenters.